The molecule has 0 unspecified atom stereocenters. The molecule has 0 fully saturated rings. The molecule has 0 heterocycles. The summed E-state index contributed by atoms with van der Waals surface area (Å²) in [5, 5.41) is 2.69. The van der Waals surface area contributed by atoms with E-state index in [1.54, 1.807) is 26.0 Å². The van der Waals surface area contributed by atoms with Gasteiger partial charge in [-0.2, -0.15) is 0 Å². The molecule has 5 heteroatoms. The van der Waals surface area contributed by atoms with Gasteiger partial charge in [-0.1, -0.05) is 12.1 Å². The van der Waals surface area contributed by atoms with Crippen molar-refractivity contribution in [2.45, 2.75) is 20.4 Å². The highest BCUT2D eigenvalue weighted by Crippen LogP contribution is 2.16. The molecule has 0 bridgehead atoms. The number of benzene rings is 2. The van der Waals surface area contributed by atoms with Gasteiger partial charge in [0.15, 0.2) is 0 Å². The highest BCUT2D eigenvalue weighted by molar-refractivity contribution is 5.99. The first-order chi connectivity index (χ1) is 9.88. The fourth-order valence-corrected chi connectivity index (χ4v) is 2.16. The maximum absolute atomic E-state index is 13.5. The highest BCUT2D eigenvalue weighted by atomic mass is 19.1. The maximum Gasteiger partial charge on any atom is 0.253 e. The molecule has 0 atom stereocenters. The van der Waals surface area contributed by atoms with Gasteiger partial charge in [-0.05, 0) is 48.7 Å². The first-order valence-corrected chi connectivity index (χ1v) is 6.47. The van der Waals surface area contributed by atoms with Crippen LogP contribution in [-0.2, 0) is 6.54 Å². The molecule has 3 N–H and O–H groups in total. The summed E-state index contributed by atoms with van der Waals surface area (Å²) in [5.74, 6) is -1.13. The van der Waals surface area contributed by atoms with Gasteiger partial charge in [0.2, 0.25) is 0 Å². The number of halogens is 2. The lowest BCUT2D eigenvalue weighted by atomic mass is 10.1. The molecular formula is C16H16F2N2O. The van der Waals surface area contributed by atoms with Crippen LogP contribution in [0.2, 0.25) is 0 Å². The lowest BCUT2D eigenvalue weighted by Crippen LogP contribution is -2.24. The summed E-state index contributed by atoms with van der Waals surface area (Å²) in [4.78, 5) is 12.0. The third-order valence-corrected chi connectivity index (χ3v) is 3.21. The lowest BCUT2D eigenvalue weighted by Gasteiger charge is -2.10. The molecule has 2 rings (SSSR count). The minimum atomic E-state index is -0.492. The molecule has 0 saturated carbocycles. The maximum atomic E-state index is 13.5. The van der Waals surface area contributed by atoms with Crippen molar-refractivity contribution in [2.24, 2.45) is 0 Å². The number of nitrogens with two attached hydrogens (primary N) is 1. The molecule has 0 aliphatic heterocycles. The number of hydrogen-bond acceptors (Lipinski definition) is 2. The van der Waals surface area contributed by atoms with E-state index in [2.05, 4.69) is 5.32 Å². The average Bonchev–Trinajstić information content (AvgIpc) is 2.42. The first kappa shape index (κ1) is 15.0. The van der Waals surface area contributed by atoms with E-state index < -0.39 is 11.7 Å². The smallest absolute Gasteiger partial charge is 0.253 e. The minimum absolute atomic E-state index is 0.0824. The van der Waals surface area contributed by atoms with Crippen LogP contribution in [0.5, 0.6) is 0 Å². The van der Waals surface area contributed by atoms with E-state index in [1.807, 2.05) is 0 Å². The molecule has 3 nitrogen and oxygen atoms in total. The van der Waals surface area contributed by atoms with Gasteiger partial charge in [0, 0.05) is 12.2 Å². The van der Waals surface area contributed by atoms with Crippen LogP contribution in [0.4, 0.5) is 14.5 Å². The van der Waals surface area contributed by atoms with Crippen molar-refractivity contribution in [3.05, 3.63) is 64.2 Å². The summed E-state index contributed by atoms with van der Waals surface area (Å²) >= 11 is 0. The second-order valence-corrected chi connectivity index (χ2v) is 4.96. The highest BCUT2D eigenvalue weighted by Gasteiger charge is 2.11. The largest absolute Gasteiger partial charge is 0.398 e. The van der Waals surface area contributed by atoms with Crippen molar-refractivity contribution in [1.29, 1.82) is 0 Å². The van der Waals surface area contributed by atoms with Crippen molar-refractivity contribution in [1.82, 2.24) is 5.32 Å². The Morgan fingerprint density at radius 2 is 1.76 bits per heavy atom. The van der Waals surface area contributed by atoms with E-state index in [4.69, 9.17) is 5.73 Å². The molecule has 110 valence electrons. The first-order valence-electron chi connectivity index (χ1n) is 6.47. The Balaban J connectivity index is 2.11. The fourth-order valence-electron chi connectivity index (χ4n) is 2.16. The predicted octanol–water partition coefficient (Wildman–Crippen LogP) is 3.09. The van der Waals surface area contributed by atoms with Crippen LogP contribution in [-0.4, -0.2) is 5.91 Å². The zero-order valence-corrected chi connectivity index (χ0v) is 11.8. The number of nitrogens with one attached hydrogen (secondary N) is 1. The summed E-state index contributed by atoms with van der Waals surface area (Å²) < 4.78 is 26.5. The van der Waals surface area contributed by atoms with E-state index in [-0.39, 0.29) is 23.6 Å². The molecule has 0 radical (unpaired) electrons. The van der Waals surface area contributed by atoms with Crippen LogP contribution >= 0.6 is 0 Å². The molecule has 2 aromatic carbocycles. The Bertz CT molecular complexity index is 676. The van der Waals surface area contributed by atoms with Crippen molar-refractivity contribution < 1.29 is 13.6 Å². The third-order valence-electron chi connectivity index (χ3n) is 3.21. The zero-order chi connectivity index (χ0) is 15.6. The molecule has 21 heavy (non-hydrogen) atoms. The molecule has 2 aromatic rings. The van der Waals surface area contributed by atoms with Crippen LogP contribution in [0.3, 0.4) is 0 Å². The van der Waals surface area contributed by atoms with Gasteiger partial charge < -0.3 is 11.1 Å². The van der Waals surface area contributed by atoms with Crippen LogP contribution in [0, 0.1) is 25.5 Å². The molecule has 0 saturated heterocycles. The fraction of sp³-hybridized carbons (Fsp3) is 0.188. The van der Waals surface area contributed by atoms with E-state index in [9.17, 15) is 13.6 Å². The van der Waals surface area contributed by atoms with Gasteiger partial charge in [-0.3, -0.25) is 4.79 Å². The van der Waals surface area contributed by atoms with E-state index in [0.717, 1.165) is 11.6 Å². The van der Waals surface area contributed by atoms with Gasteiger partial charge in [-0.25, -0.2) is 8.78 Å². The summed E-state index contributed by atoms with van der Waals surface area (Å²) in [6.07, 6.45) is 0. The Hall–Kier alpha value is -2.43. The number of anilines is 1. The second kappa shape index (κ2) is 5.91. The van der Waals surface area contributed by atoms with Crippen molar-refractivity contribution in [3.63, 3.8) is 0 Å². The van der Waals surface area contributed by atoms with Crippen LogP contribution in [0.25, 0.3) is 0 Å². The lowest BCUT2D eigenvalue weighted by molar-refractivity contribution is 0.0951. The number of aryl methyl sites for hydroxylation is 2. The molecule has 0 aliphatic carbocycles. The molecule has 0 aliphatic rings. The average molecular weight is 290 g/mol. The molecule has 0 aromatic heterocycles. The Morgan fingerprint density at radius 3 is 2.33 bits per heavy atom. The quantitative estimate of drug-likeness (QED) is 0.853. The van der Waals surface area contributed by atoms with Gasteiger partial charge in [0.05, 0.1) is 5.56 Å². The second-order valence-electron chi connectivity index (χ2n) is 4.96. The molecule has 0 spiro atoms. The standard InChI is InChI=1S/C16H16F2N2O/c1-9-5-11(6-10(2)15(9)18)8-20-16(21)13-4-3-12(17)7-14(13)19/h3-7H,8,19H2,1-2H3,(H,20,21). The number of amides is 1. The van der Waals surface area contributed by atoms with Gasteiger partial charge in [0.25, 0.3) is 5.91 Å². The Kier molecular flexibility index (Phi) is 4.21. The normalized spacial score (nSPS) is 10.5. The van der Waals surface area contributed by atoms with Gasteiger partial charge in [-0.15, -0.1) is 0 Å². The SMILES string of the molecule is Cc1cc(CNC(=O)c2ccc(F)cc2N)cc(C)c1F. The predicted molar refractivity (Wildman–Crippen MR) is 77.9 cm³/mol. The zero-order valence-electron chi connectivity index (χ0n) is 11.8. The molecule has 1 amide bonds. The minimum Gasteiger partial charge on any atom is -0.398 e. The monoisotopic (exact) mass is 290 g/mol. The Morgan fingerprint density at radius 1 is 1.14 bits per heavy atom. The van der Waals surface area contributed by atoms with Crippen LogP contribution in [0.1, 0.15) is 27.0 Å². The van der Waals surface area contributed by atoms with Gasteiger partial charge >= 0.3 is 0 Å². The van der Waals surface area contributed by atoms with Crippen molar-refractivity contribution in [3.8, 4) is 0 Å². The summed E-state index contributed by atoms with van der Waals surface area (Å²) in [5.41, 5.74) is 7.75. The molecular weight excluding hydrogens is 274 g/mol. The summed E-state index contributed by atoms with van der Waals surface area (Å²) in [6, 6.07) is 6.97. The number of hydrogen-bond donors (Lipinski definition) is 2. The number of carbonyl (C=O) groups excluding carboxylic acids is 1. The van der Waals surface area contributed by atoms with Gasteiger partial charge in [0.1, 0.15) is 11.6 Å². The van der Waals surface area contributed by atoms with Crippen molar-refractivity contribution in [2.75, 3.05) is 5.73 Å². The Labute approximate surface area is 121 Å². The summed E-state index contributed by atoms with van der Waals surface area (Å²) in [7, 11) is 0. The van der Waals surface area contributed by atoms with E-state index in [1.165, 1.54) is 12.1 Å². The van der Waals surface area contributed by atoms with Crippen LogP contribution < -0.4 is 11.1 Å². The number of nitrogen functional groups attached to an aromatic ring is 1. The van der Waals surface area contributed by atoms with Crippen molar-refractivity contribution >= 4 is 11.6 Å². The van der Waals surface area contributed by atoms with E-state index >= 15 is 0 Å². The third kappa shape index (κ3) is 3.37. The summed E-state index contributed by atoms with van der Waals surface area (Å²) in [6.45, 7) is 3.59. The van der Waals surface area contributed by atoms with E-state index in [0.29, 0.717) is 11.1 Å². The number of carbonyl (C=O) groups is 1. The topological polar surface area (TPSA) is 55.1 Å². The van der Waals surface area contributed by atoms with Crippen LogP contribution in [0.15, 0.2) is 30.3 Å². The number of rotatable bonds is 3.